The number of nitrogens with zero attached hydrogens (tertiary/aromatic N) is 2. The fraction of sp³-hybridized carbons (Fsp3) is 0.429. The Kier molecular flexibility index (Phi) is 1.68. The summed E-state index contributed by atoms with van der Waals surface area (Å²) < 4.78 is 0.613. The maximum atomic E-state index is 11.0. The monoisotopic (exact) mass is 154 g/mol. The smallest absolute Gasteiger partial charge is 0.298 e. The van der Waals surface area contributed by atoms with Crippen molar-refractivity contribution in [2.45, 2.75) is 20.8 Å². The van der Waals surface area contributed by atoms with E-state index in [1.165, 1.54) is 0 Å². The molecule has 1 heterocycles. The predicted octanol–water partition coefficient (Wildman–Crippen LogP) is 0.346. The third-order valence-electron chi connectivity index (χ3n) is 1.61. The molecule has 0 saturated heterocycles. The lowest BCUT2D eigenvalue weighted by Crippen LogP contribution is -2.35. The number of hydrogen-bond donors (Lipinski definition) is 1. The molecule has 4 nitrogen and oxygen atoms in total. The summed E-state index contributed by atoms with van der Waals surface area (Å²) in [5, 5.41) is 20.3. The van der Waals surface area contributed by atoms with E-state index >= 15 is 0 Å². The zero-order valence-corrected chi connectivity index (χ0v) is 6.75. The van der Waals surface area contributed by atoms with Crippen LogP contribution in [-0.4, -0.2) is 10.1 Å². The summed E-state index contributed by atoms with van der Waals surface area (Å²) >= 11 is 0. The van der Waals surface area contributed by atoms with Crippen molar-refractivity contribution in [1.82, 2.24) is 4.98 Å². The minimum Gasteiger partial charge on any atom is -0.710 e. The minimum atomic E-state index is -0.0226. The summed E-state index contributed by atoms with van der Waals surface area (Å²) in [5.74, 6) is 0.336. The van der Waals surface area contributed by atoms with Crippen molar-refractivity contribution in [2.24, 2.45) is 0 Å². The predicted molar refractivity (Wildman–Crippen MR) is 39.1 cm³/mol. The molecule has 0 fully saturated rings. The minimum absolute atomic E-state index is 0.0226. The van der Waals surface area contributed by atoms with Gasteiger partial charge in [-0.3, -0.25) is 0 Å². The Labute approximate surface area is 64.7 Å². The van der Waals surface area contributed by atoms with Gasteiger partial charge in [0.2, 0.25) is 5.75 Å². The van der Waals surface area contributed by atoms with Crippen LogP contribution in [0, 0.1) is 26.0 Å². The Bertz CT molecular complexity index is 271. The van der Waals surface area contributed by atoms with Crippen LogP contribution in [0.1, 0.15) is 17.2 Å². The highest BCUT2D eigenvalue weighted by Gasteiger charge is 2.13. The number of rotatable bonds is 0. The fourth-order valence-electron chi connectivity index (χ4n) is 0.942. The van der Waals surface area contributed by atoms with Crippen molar-refractivity contribution in [2.75, 3.05) is 0 Å². The SMILES string of the molecule is Cc1nc(C)[n+]([O-])c(C)c1O. The van der Waals surface area contributed by atoms with Gasteiger partial charge in [-0.05, 0) is 4.98 Å². The van der Waals surface area contributed by atoms with Crippen molar-refractivity contribution >= 4 is 0 Å². The number of aryl methyl sites for hydroxylation is 2. The van der Waals surface area contributed by atoms with E-state index in [-0.39, 0.29) is 5.75 Å². The molecular weight excluding hydrogens is 144 g/mol. The van der Waals surface area contributed by atoms with Crippen molar-refractivity contribution < 1.29 is 9.84 Å². The molecule has 0 amide bonds. The highest BCUT2D eigenvalue weighted by atomic mass is 16.5. The summed E-state index contributed by atoms with van der Waals surface area (Å²) in [6.07, 6.45) is 0. The van der Waals surface area contributed by atoms with Gasteiger partial charge in [0.25, 0.3) is 5.82 Å². The Morgan fingerprint density at radius 3 is 2.45 bits per heavy atom. The Hall–Kier alpha value is -1.32. The lowest BCUT2D eigenvalue weighted by atomic mass is 10.3. The number of hydrogen-bond acceptors (Lipinski definition) is 3. The van der Waals surface area contributed by atoms with Gasteiger partial charge in [0.1, 0.15) is 5.69 Å². The molecule has 1 aromatic heterocycles. The first-order chi connectivity index (χ1) is 5.04. The second-order valence-corrected chi connectivity index (χ2v) is 2.47. The van der Waals surface area contributed by atoms with E-state index in [4.69, 9.17) is 0 Å². The third-order valence-corrected chi connectivity index (χ3v) is 1.61. The molecule has 0 saturated carbocycles. The summed E-state index contributed by atoms with van der Waals surface area (Å²) in [5.41, 5.74) is 0.794. The van der Waals surface area contributed by atoms with Gasteiger partial charge in [-0.2, -0.15) is 0 Å². The molecule has 1 aromatic rings. The molecule has 0 aliphatic heterocycles. The standard InChI is InChI=1S/C7H10N2O2/c1-4-7(10)5(2)9(11)6(3)8-4/h10H,1-3H3. The normalized spacial score (nSPS) is 10.1. The summed E-state index contributed by atoms with van der Waals surface area (Å²) in [6.45, 7) is 4.83. The van der Waals surface area contributed by atoms with Gasteiger partial charge in [0.15, 0.2) is 5.69 Å². The molecule has 0 unspecified atom stereocenters. The molecule has 60 valence electrons. The van der Waals surface area contributed by atoms with Crippen LogP contribution in [0.25, 0.3) is 0 Å². The van der Waals surface area contributed by atoms with Crippen molar-refractivity contribution in [3.63, 3.8) is 0 Å². The second-order valence-electron chi connectivity index (χ2n) is 2.47. The van der Waals surface area contributed by atoms with Gasteiger partial charge in [0, 0.05) is 20.8 Å². The van der Waals surface area contributed by atoms with Gasteiger partial charge in [-0.15, -0.1) is 0 Å². The molecule has 1 N–H and O–H groups in total. The van der Waals surface area contributed by atoms with E-state index < -0.39 is 0 Å². The van der Waals surface area contributed by atoms with Crippen LogP contribution in [0.5, 0.6) is 5.75 Å². The van der Waals surface area contributed by atoms with Gasteiger partial charge in [0.05, 0.1) is 0 Å². The fourth-order valence-corrected chi connectivity index (χ4v) is 0.942. The van der Waals surface area contributed by atoms with Gasteiger partial charge in [-0.25, -0.2) is 4.73 Å². The van der Waals surface area contributed by atoms with E-state index in [9.17, 15) is 10.3 Å². The van der Waals surface area contributed by atoms with Crippen LogP contribution >= 0.6 is 0 Å². The van der Waals surface area contributed by atoms with Crippen LogP contribution < -0.4 is 4.73 Å². The maximum Gasteiger partial charge on any atom is 0.298 e. The van der Waals surface area contributed by atoms with Gasteiger partial charge in [-0.1, -0.05) is 0 Å². The number of aromatic nitrogens is 2. The van der Waals surface area contributed by atoms with Gasteiger partial charge < -0.3 is 10.3 Å². The average molecular weight is 154 g/mol. The van der Waals surface area contributed by atoms with E-state index in [1.807, 2.05) is 0 Å². The highest BCUT2D eigenvalue weighted by molar-refractivity contribution is 5.25. The van der Waals surface area contributed by atoms with Crippen LogP contribution in [0.3, 0.4) is 0 Å². The van der Waals surface area contributed by atoms with Crippen molar-refractivity contribution in [3.05, 3.63) is 22.4 Å². The van der Waals surface area contributed by atoms with Crippen LogP contribution in [0.2, 0.25) is 0 Å². The van der Waals surface area contributed by atoms with Crippen molar-refractivity contribution in [3.8, 4) is 5.75 Å². The number of aromatic hydroxyl groups is 1. The highest BCUT2D eigenvalue weighted by Crippen LogP contribution is 2.14. The Balaban J connectivity index is 3.46. The zero-order valence-electron chi connectivity index (χ0n) is 6.75. The first-order valence-corrected chi connectivity index (χ1v) is 3.30. The quantitative estimate of drug-likeness (QED) is 0.433. The molecule has 0 aliphatic carbocycles. The van der Waals surface area contributed by atoms with Crippen molar-refractivity contribution in [1.29, 1.82) is 0 Å². The summed E-state index contributed by atoms with van der Waals surface area (Å²) in [6, 6.07) is 0. The molecule has 0 radical (unpaired) electrons. The molecule has 0 atom stereocenters. The van der Waals surface area contributed by atoms with Crippen LogP contribution in [0.4, 0.5) is 0 Å². The topological polar surface area (TPSA) is 60.1 Å². The Morgan fingerprint density at radius 2 is 1.91 bits per heavy atom. The van der Waals surface area contributed by atoms with E-state index in [1.54, 1.807) is 20.8 Å². The molecule has 0 spiro atoms. The molecule has 0 bridgehead atoms. The first-order valence-electron chi connectivity index (χ1n) is 3.30. The van der Waals surface area contributed by atoms with E-state index in [0.29, 0.717) is 21.9 Å². The lowest BCUT2D eigenvalue weighted by Gasteiger charge is -2.08. The maximum absolute atomic E-state index is 11.0. The Morgan fingerprint density at radius 1 is 1.36 bits per heavy atom. The molecule has 4 heteroatoms. The van der Waals surface area contributed by atoms with Crippen LogP contribution in [0.15, 0.2) is 0 Å². The molecule has 1 rings (SSSR count). The van der Waals surface area contributed by atoms with Gasteiger partial charge >= 0.3 is 0 Å². The summed E-state index contributed by atoms with van der Waals surface area (Å²) in [7, 11) is 0. The molecular formula is C7H10N2O2. The van der Waals surface area contributed by atoms with E-state index in [0.717, 1.165) is 0 Å². The zero-order chi connectivity index (χ0) is 8.59. The molecule has 0 aliphatic rings. The largest absolute Gasteiger partial charge is 0.710 e. The molecule has 0 aromatic carbocycles. The second kappa shape index (κ2) is 2.38. The third kappa shape index (κ3) is 1.11. The van der Waals surface area contributed by atoms with E-state index in [2.05, 4.69) is 4.98 Å². The lowest BCUT2D eigenvalue weighted by molar-refractivity contribution is -0.623. The first kappa shape index (κ1) is 7.78. The average Bonchev–Trinajstić information content (AvgIpc) is 1.97. The summed E-state index contributed by atoms with van der Waals surface area (Å²) in [4.78, 5) is 3.83. The molecule has 11 heavy (non-hydrogen) atoms. The van der Waals surface area contributed by atoms with Crippen LogP contribution in [-0.2, 0) is 0 Å².